The van der Waals surface area contributed by atoms with Gasteiger partial charge in [-0.2, -0.15) is 0 Å². The molecule has 2 heterocycles. The lowest BCUT2D eigenvalue weighted by molar-refractivity contribution is 0.440. The second kappa shape index (κ2) is 5.80. The molecule has 2 rings (SSSR count). The Morgan fingerprint density at radius 3 is 2.88 bits per heavy atom. The van der Waals surface area contributed by atoms with Crippen molar-refractivity contribution >= 4 is 11.3 Å². The highest BCUT2D eigenvalue weighted by molar-refractivity contribution is 7.11. The van der Waals surface area contributed by atoms with Crippen LogP contribution in [0.25, 0.3) is 0 Å². The highest BCUT2D eigenvalue weighted by atomic mass is 32.1. The van der Waals surface area contributed by atoms with Crippen LogP contribution in [0.4, 0.5) is 0 Å². The number of thiophene rings is 1. The summed E-state index contributed by atoms with van der Waals surface area (Å²) in [6.45, 7) is 7.88. The Hall–Kier alpha value is -0.380. The highest BCUT2D eigenvalue weighted by Crippen LogP contribution is 2.17. The lowest BCUT2D eigenvalue weighted by Crippen LogP contribution is -2.30. The number of rotatable bonds is 5. The first-order valence-electron chi connectivity index (χ1n) is 6.31. The van der Waals surface area contributed by atoms with Gasteiger partial charge < -0.3 is 10.6 Å². The lowest BCUT2D eigenvalue weighted by Gasteiger charge is -2.15. The fraction of sp³-hybridized carbons (Fsp3) is 0.692. The maximum absolute atomic E-state index is 3.58. The molecule has 1 aromatic heterocycles. The molecule has 2 nitrogen and oxygen atoms in total. The predicted octanol–water partition coefficient (Wildman–Crippen LogP) is 2.40. The van der Waals surface area contributed by atoms with Crippen molar-refractivity contribution in [2.45, 2.75) is 39.3 Å². The summed E-state index contributed by atoms with van der Waals surface area (Å²) in [6, 6.07) is 5.19. The van der Waals surface area contributed by atoms with Gasteiger partial charge in [0, 0.05) is 22.3 Å². The van der Waals surface area contributed by atoms with Crippen molar-refractivity contribution in [3.63, 3.8) is 0 Å². The predicted molar refractivity (Wildman–Crippen MR) is 71.0 cm³/mol. The first-order chi connectivity index (χ1) is 7.79. The molecule has 2 atom stereocenters. The minimum Gasteiger partial charge on any atom is -0.314 e. The van der Waals surface area contributed by atoms with E-state index in [1.807, 2.05) is 11.3 Å². The Morgan fingerprint density at radius 1 is 1.44 bits per heavy atom. The van der Waals surface area contributed by atoms with E-state index in [0.717, 1.165) is 25.4 Å². The third-order valence-electron chi connectivity index (χ3n) is 3.46. The average Bonchev–Trinajstić information content (AvgIpc) is 2.89. The topological polar surface area (TPSA) is 24.1 Å². The van der Waals surface area contributed by atoms with E-state index in [2.05, 4.69) is 36.6 Å². The van der Waals surface area contributed by atoms with Crippen LogP contribution in [0, 0.1) is 5.92 Å². The fourth-order valence-electron chi connectivity index (χ4n) is 2.28. The fourth-order valence-corrected chi connectivity index (χ4v) is 3.21. The summed E-state index contributed by atoms with van der Waals surface area (Å²) < 4.78 is 0. The normalized spacial score (nSPS) is 25.1. The van der Waals surface area contributed by atoms with E-state index in [9.17, 15) is 0 Å². The van der Waals surface area contributed by atoms with Crippen molar-refractivity contribution in [2.24, 2.45) is 5.92 Å². The molecule has 1 saturated heterocycles. The van der Waals surface area contributed by atoms with E-state index < -0.39 is 0 Å². The van der Waals surface area contributed by atoms with Gasteiger partial charge in [0.2, 0.25) is 0 Å². The van der Waals surface area contributed by atoms with E-state index >= 15 is 0 Å². The van der Waals surface area contributed by atoms with Crippen molar-refractivity contribution in [2.75, 3.05) is 13.1 Å². The number of hydrogen-bond acceptors (Lipinski definition) is 3. The van der Waals surface area contributed by atoms with E-state index in [0.29, 0.717) is 6.04 Å². The molecule has 1 aromatic rings. The molecule has 1 aliphatic heterocycles. The summed E-state index contributed by atoms with van der Waals surface area (Å²) in [5, 5.41) is 7.08. The molecule has 0 radical (unpaired) electrons. The van der Waals surface area contributed by atoms with Crippen LogP contribution in [0.3, 0.4) is 0 Å². The van der Waals surface area contributed by atoms with Gasteiger partial charge in [-0.1, -0.05) is 6.92 Å². The third-order valence-corrected chi connectivity index (χ3v) is 4.69. The molecular weight excluding hydrogens is 216 g/mol. The van der Waals surface area contributed by atoms with Crippen molar-refractivity contribution in [3.8, 4) is 0 Å². The third kappa shape index (κ3) is 3.06. The summed E-state index contributed by atoms with van der Waals surface area (Å²) in [6.07, 6.45) is 2.48. The Kier molecular flexibility index (Phi) is 4.38. The Balaban J connectivity index is 1.71. The van der Waals surface area contributed by atoms with E-state index in [-0.39, 0.29) is 0 Å². The Bertz CT molecular complexity index is 321. The zero-order chi connectivity index (χ0) is 11.4. The van der Waals surface area contributed by atoms with Crippen LogP contribution in [0.1, 0.15) is 30.0 Å². The van der Waals surface area contributed by atoms with Crippen molar-refractivity contribution in [1.29, 1.82) is 0 Å². The zero-order valence-electron chi connectivity index (χ0n) is 10.3. The van der Waals surface area contributed by atoms with Crippen LogP contribution in [-0.4, -0.2) is 19.1 Å². The van der Waals surface area contributed by atoms with Crippen LogP contribution < -0.4 is 10.6 Å². The number of hydrogen-bond donors (Lipinski definition) is 2. The molecule has 0 aliphatic carbocycles. The first-order valence-corrected chi connectivity index (χ1v) is 7.13. The van der Waals surface area contributed by atoms with Gasteiger partial charge in [-0.05, 0) is 50.9 Å². The minimum atomic E-state index is 0.682. The monoisotopic (exact) mass is 238 g/mol. The lowest BCUT2D eigenvalue weighted by atomic mass is 10.0. The second-order valence-electron chi connectivity index (χ2n) is 4.64. The highest BCUT2D eigenvalue weighted by Gasteiger charge is 2.21. The van der Waals surface area contributed by atoms with Gasteiger partial charge in [0.05, 0.1) is 0 Å². The van der Waals surface area contributed by atoms with E-state index in [1.165, 1.54) is 22.7 Å². The van der Waals surface area contributed by atoms with Gasteiger partial charge in [0.1, 0.15) is 0 Å². The van der Waals surface area contributed by atoms with Crippen LogP contribution in [0.2, 0.25) is 0 Å². The van der Waals surface area contributed by atoms with Gasteiger partial charge in [0.15, 0.2) is 0 Å². The molecule has 0 aromatic carbocycles. The minimum absolute atomic E-state index is 0.682. The Labute approximate surface area is 102 Å². The molecule has 0 bridgehead atoms. The summed E-state index contributed by atoms with van der Waals surface area (Å²) in [4.78, 5) is 2.96. The van der Waals surface area contributed by atoms with E-state index in [1.54, 1.807) is 0 Å². The van der Waals surface area contributed by atoms with Crippen LogP contribution in [-0.2, 0) is 13.0 Å². The molecule has 0 amide bonds. The van der Waals surface area contributed by atoms with Crippen LogP contribution in [0.15, 0.2) is 12.1 Å². The summed E-state index contributed by atoms with van der Waals surface area (Å²) >= 11 is 1.94. The van der Waals surface area contributed by atoms with Crippen molar-refractivity contribution in [1.82, 2.24) is 10.6 Å². The van der Waals surface area contributed by atoms with Gasteiger partial charge in [-0.3, -0.25) is 0 Å². The van der Waals surface area contributed by atoms with Gasteiger partial charge in [-0.15, -0.1) is 11.3 Å². The molecule has 0 spiro atoms. The average molecular weight is 238 g/mol. The van der Waals surface area contributed by atoms with E-state index in [4.69, 9.17) is 0 Å². The summed E-state index contributed by atoms with van der Waals surface area (Å²) in [5.74, 6) is 0.811. The molecule has 3 heteroatoms. The maximum atomic E-state index is 3.58. The van der Waals surface area contributed by atoms with Gasteiger partial charge in [-0.25, -0.2) is 0 Å². The van der Waals surface area contributed by atoms with Crippen LogP contribution in [0.5, 0.6) is 0 Å². The smallest absolute Gasteiger partial charge is 0.0299 e. The number of nitrogens with one attached hydrogen (secondary N) is 2. The zero-order valence-corrected chi connectivity index (χ0v) is 11.1. The molecule has 2 unspecified atom stereocenters. The molecular formula is C13H22N2S. The van der Waals surface area contributed by atoms with Crippen LogP contribution >= 0.6 is 11.3 Å². The summed E-state index contributed by atoms with van der Waals surface area (Å²) in [7, 11) is 0. The number of aryl methyl sites for hydroxylation is 1. The molecule has 2 N–H and O–H groups in total. The van der Waals surface area contributed by atoms with Crippen molar-refractivity contribution in [3.05, 3.63) is 21.9 Å². The van der Waals surface area contributed by atoms with Gasteiger partial charge >= 0.3 is 0 Å². The molecule has 90 valence electrons. The van der Waals surface area contributed by atoms with Gasteiger partial charge in [0.25, 0.3) is 0 Å². The Morgan fingerprint density at radius 2 is 2.25 bits per heavy atom. The molecule has 1 aliphatic rings. The molecule has 16 heavy (non-hydrogen) atoms. The molecule has 0 saturated carbocycles. The summed E-state index contributed by atoms with van der Waals surface area (Å²) in [5.41, 5.74) is 0. The SMILES string of the molecule is CCc1ccc(CNCC2CCNC2C)s1. The second-order valence-corrected chi connectivity index (χ2v) is 5.90. The standard InChI is InChI=1S/C13H22N2S/c1-3-12-4-5-13(16-12)9-14-8-11-6-7-15-10(11)2/h4-5,10-11,14-15H,3,6-9H2,1-2H3. The van der Waals surface area contributed by atoms with Crippen molar-refractivity contribution < 1.29 is 0 Å². The maximum Gasteiger partial charge on any atom is 0.0299 e. The molecule has 1 fully saturated rings. The largest absolute Gasteiger partial charge is 0.314 e. The first kappa shape index (κ1) is 12.1. The quantitative estimate of drug-likeness (QED) is 0.823.